The highest BCUT2D eigenvalue weighted by Crippen LogP contribution is 2.32. The van der Waals surface area contributed by atoms with Crippen molar-refractivity contribution in [2.24, 2.45) is 11.8 Å². The number of amides is 1. The van der Waals surface area contributed by atoms with Crippen LogP contribution in [0.5, 0.6) is 0 Å². The number of anilines is 1. The molecular weight excluding hydrogens is 256 g/mol. The minimum Gasteiger partial charge on any atom is -0.468 e. The molecule has 2 rings (SSSR count). The van der Waals surface area contributed by atoms with Crippen molar-refractivity contribution in [3.8, 4) is 0 Å². The van der Waals surface area contributed by atoms with Gasteiger partial charge in [0.25, 0.3) is 0 Å². The standard InChI is InChI=1S/C15H20N2O3/c1-10-6-5-9-12(16-10)17-14(18)13(15(19)20-2)11-7-3-4-8-11/h5-6,9,11,13H,3-4,7-8H2,1-2H3,(H,16,17,18). The first-order chi connectivity index (χ1) is 9.61. The van der Waals surface area contributed by atoms with Crippen LogP contribution in [0.4, 0.5) is 5.82 Å². The van der Waals surface area contributed by atoms with Crippen molar-refractivity contribution in [3.05, 3.63) is 23.9 Å². The number of carbonyl (C=O) groups excluding carboxylic acids is 2. The zero-order valence-corrected chi connectivity index (χ0v) is 11.9. The molecule has 1 heterocycles. The average molecular weight is 276 g/mol. The fourth-order valence-corrected chi connectivity index (χ4v) is 2.75. The van der Waals surface area contributed by atoms with Crippen LogP contribution in [-0.2, 0) is 14.3 Å². The molecule has 1 amide bonds. The summed E-state index contributed by atoms with van der Waals surface area (Å²) in [5.74, 6) is -0.956. The Bertz CT molecular complexity index is 496. The molecule has 1 aliphatic carbocycles. The van der Waals surface area contributed by atoms with Gasteiger partial charge in [-0.1, -0.05) is 18.9 Å². The van der Waals surface area contributed by atoms with Crippen LogP contribution in [-0.4, -0.2) is 24.0 Å². The summed E-state index contributed by atoms with van der Waals surface area (Å²) in [4.78, 5) is 28.5. The van der Waals surface area contributed by atoms with Crippen molar-refractivity contribution >= 4 is 17.7 Å². The minimum absolute atomic E-state index is 0.0762. The molecule has 1 aromatic heterocycles. The second-order valence-corrected chi connectivity index (χ2v) is 5.20. The summed E-state index contributed by atoms with van der Waals surface area (Å²) in [6, 6.07) is 5.39. The monoisotopic (exact) mass is 276 g/mol. The highest BCUT2D eigenvalue weighted by Gasteiger charge is 2.37. The molecule has 0 spiro atoms. The van der Waals surface area contributed by atoms with Crippen molar-refractivity contribution in [1.82, 2.24) is 4.98 Å². The lowest BCUT2D eigenvalue weighted by molar-refractivity contribution is -0.150. The Kier molecular flexibility index (Phi) is 4.71. The summed E-state index contributed by atoms with van der Waals surface area (Å²) in [7, 11) is 1.32. The fraction of sp³-hybridized carbons (Fsp3) is 0.533. The van der Waals surface area contributed by atoms with Gasteiger partial charge in [-0.25, -0.2) is 4.98 Å². The van der Waals surface area contributed by atoms with E-state index < -0.39 is 11.9 Å². The topological polar surface area (TPSA) is 68.3 Å². The van der Waals surface area contributed by atoms with Crippen molar-refractivity contribution in [3.63, 3.8) is 0 Å². The van der Waals surface area contributed by atoms with E-state index in [1.165, 1.54) is 7.11 Å². The second-order valence-electron chi connectivity index (χ2n) is 5.20. The van der Waals surface area contributed by atoms with Crippen LogP contribution in [0.3, 0.4) is 0 Å². The molecule has 1 atom stereocenters. The van der Waals surface area contributed by atoms with E-state index >= 15 is 0 Å². The number of aryl methyl sites for hydroxylation is 1. The largest absolute Gasteiger partial charge is 0.468 e. The van der Waals surface area contributed by atoms with E-state index in [0.29, 0.717) is 5.82 Å². The lowest BCUT2D eigenvalue weighted by atomic mass is 9.90. The van der Waals surface area contributed by atoms with Crippen LogP contribution in [0.15, 0.2) is 18.2 Å². The van der Waals surface area contributed by atoms with Gasteiger partial charge in [-0.05, 0) is 37.8 Å². The molecule has 0 saturated heterocycles. The van der Waals surface area contributed by atoms with Gasteiger partial charge in [0.2, 0.25) is 5.91 Å². The summed E-state index contributed by atoms with van der Waals surface area (Å²) in [6.45, 7) is 1.85. The number of carbonyl (C=O) groups is 2. The minimum atomic E-state index is -0.732. The Morgan fingerprint density at radius 3 is 2.65 bits per heavy atom. The molecule has 0 radical (unpaired) electrons. The zero-order valence-electron chi connectivity index (χ0n) is 11.9. The molecule has 5 nitrogen and oxygen atoms in total. The van der Waals surface area contributed by atoms with Gasteiger partial charge in [0.1, 0.15) is 11.7 Å². The number of aromatic nitrogens is 1. The van der Waals surface area contributed by atoms with E-state index in [0.717, 1.165) is 31.4 Å². The Balaban J connectivity index is 2.11. The predicted octanol–water partition coefficient (Wildman–Crippen LogP) is 2.31. The first-order valence-corrected chi connectivity index (χ1v) is 6.94. The number of hydrogen-bond acceptors (Lipinski definition) is 4. The van der Waals surface area contributed by atoms with E-state index in [1.54, 1.807) is 6.07 Å². The fourth-order valence-electron chi connectivity index (χ4n) is 2.75. The first kappa shape index (κ1) is 14.5. The molecule has 0 aliphatic heterocycles. The maximum absolute atomic E-state index is 12.4. The average Bonchev–Trinajstić information content (AvgIpc) is 2.92. The third-order valence-corrected chi connectivity index (χ3v) is 3.75. The van der Waals surface area contributed by atoms with Crippen LogP contribution >= 0.6 is 0 Å². The lowest BCUT2D eigenvalue weighted by Crippen LogP contribution is -2.35. The van der Waals surface area contributed by atoms with E-state index in [4.69, 9.17) is 4.74 Å². The zero-order chi connectivity index (χ0) is 14.5. The summed E-state index contributed by atoms with van der Waals surface area (Å²) >= 11 is 0. The molecule has 1 aliphatic rings. The molecule has 1 saturated carbocycles. The van der Waals surface area contributed by atoms with Crippen molar-refractivity contribution in [1.29, 1.82) is 0 Å². The van der Waals surface area contributed by atoms with Crippen LogP contribution in [0.1, 0.15) is 31.4 Å². The van der Waals surface area contributed by atoms with Crippen LogP contribution < -0.4 is 5.32 Å². The Morgan fingerprint density at radius 1 is 1.35 bits per heavy atom. The SMILES string of the molecule is COC(=O)C(C(=O)Nc1cccc(C)n1)C1CCCC1. The van der Waals surface area contributed by atoms with Crippen LogP contribution in [0, 0.1) is 18.8 Å². The number of ether oxygens (including phenoxy) is 1. The van der Waals surface area contributed by atoms with E-state index in [2.05, 4.69) is 10.3 Å². The molecule has 20 heavy (non-hydrogen) atoms. The quantitative estimate of drug-likeness (QED) is 0.677. The predicted molar refractivity (Wildman–Crippen MR) is 75.1 cm³/mol. The van der Waals surface area contributed by atoms with E-state index in [-0.39, 0.29) is 11.8 Å². The van der Waals surface area contributed by atoms with Gasteiger partial charge < -0.3 is 10.1 Å². The number of rotatable bonds is 4. The smallest absolute Gasteiger partial charge is 0.318 e. The Hall–Kier alpha value is -1.91. The molecule has 0 bridgehead atoms. The van der Waals surface area contributed by atoms with Gasteiger partial charge in [0, 0.05) is 5.69 Å². The molecule has 1 N–H and O–H groups in total. The van der Waals surface area contributed by atoms with E-state index in [1.807, 2.05) is 19.1 Å². The van der Waals surface area contributed by atoms with E-state index in [9.17, 15) is 9.59 Å². The molecule has 5 heteroatoms. The van der Waals surface area contributed by atoms with Gasteiger partial charge >= 0.3 is 5.97 Å². The second kappa shape index (κ2) is 6.50. The Morgan fingerprint density at radius 2 is 2.05 bits per heavy atom. The molecule has 1 fully saturated rings. The normalized spacial score (nSPS) is 16.7. The number of nitrogens with zero attached hydrogens (tertiary/aromatic N) is 1. The number of hydrogen-bond donors (Lipinski definition) is 1. The number of esters is 1. The number of pyridine rings is 1. The highest BCUT2D eigenvalue weighted by atomic mass is 16.5. The summed E-state index contributed by atoms with van der Waals surface area (Å²) in [6.07, 6.45) is 3.92. The van der Waals surface area contributed by atoms with Gasteiger partial charge in [-0.2, -0.15) is 0 Å². The molecule has 108 valence electrons. The van der Waals surface area contributed by atoms with Gasteiger partial charge in [-0.15, -0.1) is 0 Å². The molecule has 1 unspecified atom stereocenters. The number of methoxy groups -OCH3 is 1. The Labute approximate surface area is 118 Å². The third kappa shape index (κ3) is 3.35. The third-order valence-electron chi connectivity index (χ3n) is 3.75. The summed E-state index contributed by atoms with van der Waals surface area (Å²) < 4.78 is 4.79. The number of nitrogens with one attached hydrogen (secondary N) is 1. The molecular formula is C15H20N2O3. The molecule has 0 aromatic carbocycles. The van der Waals surface area contributed by atoms with Gasteiger partial charge in [0.05, 0.1) is 7.11 Å². The lowest BCUT2D eigenvalue weighted by Gasteiger charge is -2.20. The molecule has 1 aromatic rings. The van der Waals surface area contributed by atoms with Crippen molar-refractivity contribution in [2.75, 3.05) is 12.4 Å². The highest BCUT2D eigenvalue weighted by molar-refractivity contribution is 6.04. The van der Waals surface area contributed by atoms with Gasteiger partial charge in [0.15, 0.2) is 0 Å². The maximum atomic E-state index is 12.4. The summed E-state index contributed by atoms with van der Waals surface area (Å²) in [5.41, 5.74) is 0.818. The first-order valence-electron chi connectivity index (χ1n) is 6.94. The van der Waals surface area contributed by atoms with Crippen LogP contribution in [0.2, 0.25) is 0 Å². The van der Waals surface area contributed by atoms with Crippen molar-refractivity contribution < 1.29 is 14.3 Å². The van der Waals surface area contributed by atoms with Gasteiger partial charge in [-0.3, -0.25) is 9.59 Å². The maximum Gasteiger partial charge on any atom is 0.318 e. The summed E-state index contributed by atoms with van der Waals surface area (Å²) in [5, 5.41) is 2.72. The van der Waals surface area contributed by atoms with Crippen LogP contribution in [0.25, 0.3) is 0 Å². The van der Waals surface area contributed by atoms with Crippen molar-refractivity contribution in [2.45, 2.75) is 32.6 Å².